The summed E-state index contributed by atoms with van der Waals surface area (Å²) in [7, 11) is 0. The molecule has 32 heavy (non-hydrogen) atoms. The van der Waals surface area contributed by atoms with Gasteiger partial charge in [-0.1, -0.05) is 73.3 Å². The summed E-state index contributed by atoms with van der Waals surface area (Å²) in [5.41, 5.74) is 4.52. The monoisotopic (exact) mass is 447 g/mol. The van der Waals surface area contributed by atoms with E-state index in [9.17, 15) is 4.79 Å². The molecule has 0 saturated heterocycles. The number of halogens is 1. The van der Waals surface area contributed by atoms with Crippen LogP contribution < -0.4 is 10.1 Å². The summed E-state index contributed by atoms with van der Waals surface area (Å²) in [5.74, 6) is 0.938. The minimum Gasteiger partial charge on any atom is -0.488 e. The van der Waals surface area contributed by atoms with Crippen molar-refractivity contribution in [2.45, 2.75) is 58.0 Å². The van der Waals surface area contributed by atoms with E-state index < -0.39 is 5.41 Å². The smallest absolute Gasteiger partial charge is 0.235 e. The second kappa shape index (κ2) is 9.79. The lowest BCUT2D eigenvalue weighted by atomic mass is 9.68. The van der Waals surface area contributed by atoms with Crippen LogP contribution in [0.4, 0.5) is 5.69 Å². The van der Waals surface area contributed by atoms with Crippen molar-refractivity contribution in [3.8, 4) is 5.75 Å². The summed E-state index contributed by atoms with van der Waals surface area (Å²) in [4.78, 5) is 13.6. The molecule has 0 heterocycles. The van der Waals surface area contributed by atoms with Gasteiger partial charge in [-0.25, -0.2) is 0 Å². The fourth-order valence-corrected chi connectivity index (χ4v) is 4.93. The Kier molecular flexibility index (Phi) is 6.86. The molecule has 3 aromatic carbocycles. The molecule has 1 amide bonds. The lowest BCUT2D eigenvalue weighted by Gasteiger charge is -2.36. The van der Waals surface area contributed by atoms with Gasteiger partial charge in [0, 0.05) is 10.7 Å². The Balaban J connectivity index is 1.54. The number of aryl methyl sites for hydroxylation is 2. The number of carbonyl (C=O) groups excluding carboxylic acids is 1. The van der Waals surface area contributed by atoms with Gasteiger partial charge in [-0.2, -0.15) is 0 Å². The van der Waals surface area contributed by atoms with Crippen LogP contribution in [0.2, 0.25) is 5.02 Å². The molecular formula is C28H30ClNO2. The van der Waals surface area contributed by atoms with Crippen LogP contribution in [0.5, 0.6) is 5.75 Å². The van der Waals surface area contributed by atoms with E-state index in [0.717, 1.165) is 59.4 Å². The number of nitrogens with one attached hydrogen (secondary N) is 1. The predicted molar refractivity (Wildman–Crippen MR) is 132 cm³/mol. The lowest BCUT2D eigenvalue weighted by molar-refractivity contribution is -0.122. The zero-order chi connectivity index (χ0) is 22.6. The van der Waals surface area contributed by atoms with E-state index in [1.807, 2.05) is 68.4 Å². The maximum absolute atomic E-state index is 13.6. The molecule has 3 nitrogen and oxygen atoms in total. The lowest BCUT2D eigenvalue weighted by Crippen LogP contribution is -2.42. The average molecular weight is 448 g/mol. The van der Waals surface area contributed by atoms with E-state index >= 15 is 0 Å². The first kappa shape index (κ1) is 22.4. The van der Waals surface area contributed by atoms with Gasteiger partial charge in [0.25, 0.3) is 0 Å². The number of carbonyl (C=O) groups is 1. The second-order valence-corrected chi connectivity index (χ2v) is 9.25. The van der Waals surface area contributed by atoms with Gasteiger partial charge < -0.3 is 10.1 Å². The SMILES string of the molecule is Cc1cc(NC(=O)C2(c3ccc(Cl)cc3)CCCCC2)cc(C)c1OCc1ccccc1. The molecule has 1 aliphatic rings. The quantitative estimate of drug-likeness (QED) is 0.428. The van der Waals surface area contributed by atoms with E-state index in [-0.39, 0.29) is 5.91 Å². The van der Waals surface area contributed by atoms with Crippen LogP contribution in [0.15, 0.2) is 66.7 Å². The predicted octanol–water partition coefficient (Wildman–Crippen LogP) is 7.38. The van der Waals surface area contributed by atoms with Crippen molar-refractivity contribution in [2.75, 3.05) is 5.32 Å². The summed E-state index contributed by atoms with van der Waals surface area (Å²) in [5, 5.41) is 3.91. The normalized spacial score (nSPS) is 15.2. The topological polar surface area (TPSA) is 38.3 Å². The van der Waals surface area contributed by atoms with Crippen molar-refractivity contribution in [1.82, 2.24) is 0 Å². The van der Waals surface area contributed by atoms with E-state index in [4.69, 9.17) is 16.3 Å². The first-order valence-electron chi connectivity index (χ1n) is 11.3. The van der Waals surface area contributed by atoms with Crippen molar-refractivity contribution in [1.29, 1.82) is 0 Å². The highest BCUT2D eigenvalue weighted by Crippen LogP contribution is 2.41. The van der Waals surface area contributed by atoms with Crippen LogP contribution in [-0.2, 0) is 16.8 Å². The Hall–Kier alpha value is -2.78. The molecule has 4 heteroatoms. The molecule has 1 aliphatic carbocycles. The molecule has 0 radical (unpaired) electrons. The summed E-state index contributed by atoms with van der Waals surface area (Å²) in [6, 6.07) is 21.9. The van der Waals surface area contributed by atoms with Gasteiger partial charge in [0.05, 0.1) is 5.41 Å². The molecule has 1 saturated carbocycles. The highest BCUT2D eigenvalue weighted by molar-refractivity contribution is 6.30. The van der Waals surface area contributed by atoms with Gasteiger partial charge in [0.15, 0.2) is 0 Å². The molecule has 166 valence electrons. The Bertz CT molecular complexity index is 1050. The summed E-state index contributed by atoms with van der Waals surface area (Å²) in [6.45, 7) is 4.57. The van der Waals surface area contributed by atoms with Gasteiger partial charge in [-0.15, -0.1) is 0 Å². The van der Waals surface area contributed by atoms with Crippen molar-refractivity contribution >= 4 is 23.2 Å². The molecule has 1 fully saturated rings. The third-order valence-electron chi connectivity index (χ3n) is 6.48. The Morgan fingerprint density at radius 1 is 0.938 bits per heavy atom. The molecule has 1 N–H and O–H groups in total. The first-order chi connectivity index (χ1) is 15.5. The molecule has 0 unspecified atom stereocenters. The largest absolute Gasteiger partial charge is 0.488 e. The number of ether oxygens (including phenoxy) is 1. The van der Waals surface area contributed by atoms with Gasteiger partial charge in [-0.05, 0) is 73.2 Å². The van der Waals surface area contributed by atoms with Crippen LogP contribution in [0.1, 0.15) is 54.4 Å². The number of hydrogen-bond acceptors (Lipinski definition) is 2. The Morgan fingerprint density at radius 3 is 2.19 bits per heavy atom. The number of rotatable bonds is 6. The van der Waals surface area contributed by atoms with Crippen LogP contribution >= 0.6 is 11.6 Å². The summed E-state index contributed by atoms with van der Waals surface area (Å²) in [6.07, 6.45) is 5.00. The van der Waals surface area contributed by atoms with Gasteiger partial charge in [0.1, 0.15) is 12.4 Å². The molecule has 0 atom stereocenters. The van der Waals surface area contributed by atoms with Gasteiger partial charge in [-0.3, -0.25) is 4.79 Å². The van der Waals surface area contributed by atoms with Crippen molar-refractivity contribution < 1.29 is 9.53 Å². The van der Waals surface area contributed by atoms with E-state index in [1.54, 1.807) is 0 Å². The molecule has 0 bridgehead atoms. The molecule has 4 rings (SSSR count). The third-order valence-corrected chi connectivity index (χ3v) is 6.73. The molecule has 0 aliphatic heterocycles. The van der Waals surface area contributed by atoms with Crippen molar-refractivity contribution in [2.24, 2.45) is 0 Å². The maximum Gasteiger partial charge on any atom is 0.235 e. The van der Waals surface area contributed by atoms with Crippen molar-refractivity contribution in [3.63, 3.8) is 0 Å². The van der Waals surface area contributed by atoms with E-state index in [0.29, 0.717) is 11.6 Å². The molecule has 0 spiro atoms. The zero-order valence-electron chi connectivity index (χ0n) is 18.8. The Labute approximate surface area is 195 Å². The average Bonchev–Trinajstić information content (AvgIpc) is 2.80. The Morgan fingerprint density at radius 2 is 1.56 bits per heavy atom. The van der Waals surface area contributed by atoms with Gasteiger partial charge in [0.2, 0.25) is 5.91 Å². The standard InChI is InChI=1S/C28H30ClNO2/c1-20-17-25(18-21(2)26(20)32-19-22-9-5-3-6-10-22)30-27(31)28(15-7-4-8-16-28)23-11-13-24(29)14-12-23/h3,5-6,9-14,17-18H,4,7-8,15-16,19H2,1-2H3,(H,30,31). The van der Waals surface area contributed by atoms with E-state index in [1.165, 1.54) is 6.42 Å². The summed E-state index contributed by atoms with van der Waals surface area (Å²) >= 11 is 6.11. The number of hydrogen-bond donors (Lipinski definition) is 1. The molecule has 3 aromatic rings. The van der Waals surface area contributed by atoms with Crippen molar-refractivity contribution in [3.05, 3.63) is 94.0 Å². The van der Waals surface area contributed by atoms with Crippen LogP contribution in [0.25, 0.3) is 0 Å². The fourth-order valence-electron chi connectivity index (χ4n) is 4.80. The van der Waals surface area contributed by atoms with Crippen LogP contribution in [-0.4, -0.2) is 5.91 Å². The first-order valence-corrected chi connectivity index (χ1v) is 11.7. The highest BCUT2D eigenvalue weighted by Gasteiger charge is 2.41. The second-order valence-electron chi connectivity index (χ2n) is 8.82. The molecular weight excluding hydrogens is 418 g/mol. The number of benzene rings is 3. The number of amides is 1. The highest BCUT2D eigenvalue weighted by atomic mass is 35.5. The fraction of sp³-hybridized carbons (Fsp3) is 0.321. The maximum atomic E-state index is 13.6. The van der Waals surface area contributed by atoms with E-state index in [2.05, 4.69) is 17.4 Å². The zero-order valence-corrected chi connectivity index (χ0v) is 19.5. The minimum atomic E-state index is -0.507. The van der Waals surface area contributed by atoms with Crippen LogP contribution in [0, 0.1) is 13.8 Å². The number of anilines is 1. The van der Waals surface area contributed by atoms with Crippen LogP contribution in [0.3, 0.4) is 0 Å². The molecule has 0 aromatic heterocycles. The van der Waals surface area contributed by atoms with Gasteiger partial charge >= 0.3 is 0 Å². The summed E-state index contributed by atoms with van der Waals surface area (Å²) < 4.78 is 6.11. The minimum absolute atomic E-state index is 0.0660. The third kappa shape index (κ3) is 4.83.